The second-order valence-corrected chi connectivity index (χ2v) is 7.95. The first kappa shape index (κ1) is 24.2. The standard InChI is InChI=1S/C19H21F3N4O4S/c1-23-31(28,29)16-11-13(3-6-15(16)30-2)4-8-18(27)25-10-9-24-17-7-5-14(12-26-17)19(20,21)22/h3-8,11-12,23H,9-10H2,1-2H3,(H,24,26)(H,25,27)/b8-4+. The van der Waals surface area contributed by atoms with Crippen molar-refractivity contribution < 1.29 is 31.1 Å². The molecule has 0 radical (unpaired) electrons. The molecule has 1 amide bonds. The Hall–Kier alpha value is -3.12. The van der Waals surface area contributed by atoms with Crippen LogP contribution in [0.5, 0.6) is 5.75 Å². The molecule has 2 rings (SSSR count). The third kappa shape index (κ3) is 6.96. The number of pyridine rings is 1. The second kappa shape index (κ2) is 10.3. The molecule has 0 saturated heterocycles. The van der Waals surface area contributed by atoms with Crippen LogP contribution in [-0.4, -0.2) is 46.6 Å². The molecule has 1 heterocycles. The summed E-state index contributed by atoms with van der Waals surface area (Å²) in [5.41, 5.74) is -0.377. The number of aromatic nitrogens is 1. The lowest BCUT2D eigenvalue weighted by atomic mass is 10.2. The minimum Gasteiger partial charge on any atom is -0.495 e. The maximum atomic E-state index is 12.5. The number of rotatable bonds is 9. The number of sulfonamides is 1. The van der Waals surface area contributed by atoms with E-state index in [1.807, 2.05) is 0 Å². The summed E-state index contributed by atoms with van der Waals surface area (Å²) in [6.07, 6.45) is -1.06. The van der Waals surface area contributed by atoms with Crippen LogP contribution in [0.2, 0.25) is 0 Å². The largest absolute Gasteiger partial charge is 0.495 e. The molecule has 3 N–H and O–H groups in total. The Morgan fingerprint density at radius 3 is 2.52 bits per heavy atom. The van der Waals surface area contributed by atoms with E-state index in [1.165, 1.54) is 44.5 Å². The Kier molecular flexibility index (Phi) is 8.00. The molecule has 0 unspecified atom stereocenters. The average Bonchev–Trinajstić information content (AvgIpc) is 2.74. The van der Waals surface area contributed by atoms with Crippen LogP contribution in [0.15, 0.2) is 47.5 Å². The quantitative estimate of drug-likeness (QED) is 0.393. The van der Waals surface area contributed by atoms with E-state index < -0.39 is 27.7 Å². The highest BCUT2D eigenvalue weighted by Gasteiger charge is 2.30. The number of carbonyl (C=O) groups is 1. The van der Waals surface area contributed by atoms with Crippen molar-refractivity contribution in [1.29, 1.82) is 0 Å². The molecular formula is C19H21F3N4O4S. The number of halogens is 3. The summed E-state index contributed by atoms with van der Waals surface area (Å²) in [6.45, 7) is 0.429. The van der Waals surface area contributed by atoms with Gasteiger partial charge >= 0.3 is 6.18 Å². The lowest BCUT2D eigenvalue weighted by molar-refractivity contribution is -0.137. The molecule has 0 fully saturated rings. The number of benzene rings is 1. The Bertz CT molecular complexity index is 1040. The number of nitrogens with zero attached hydrogens (tertiary/aromatic N) is 1. The minimum absolute atomic E-state index is 0.0618. The topological polar surface area (TPSA) is 109 Å². The summed E-state index contributed by atoms with van der Waals surface area (Å²) in [7, 11) is -1.12. The van der Waals surface area contributed by atoms with Crippen LogP contribution < -0.4 is 20.1 Å². The number of ether oxygens (including phenoxy) is 1. The van der Waals surface area contributed by atoms with Gasteiger partial charge in [0.25, 0.3) is 0 Å². The normalized spacial score (nSPS) is 12.0. The Labute approximate surface area is 177 Å². The summed E-state index contributed by atoms with van der Waals surface area (Å²) in [5, 5.41) is 5.38. The molecule has 1 aromatic carbocycles. The number of amides is 1. The van der Waals surface area contributed by atoms with Gasteiger partial charge in [0.1, 0.15) is 16.5 Å². The fraction of sp³-hybridized carbons (Fsp3) is 0.263. The zero-order chi connectivity index (χ0) is 23.1. The monoisotopic (exact) mass is 458 g/mol. The van der Waals surface area contributed by atoms with Crippen molar-refractivity contribution in [3.8, 4) is 5.75 Å². The smallest absolute Gasteiger partial charge is 0.417 e. The zero-order valence-electron chi connectivity index (χ0n) is 16.7. The van der Waals surface area contributed by atoms with E-state index in [1.54, 1.807) is 6.07 Å². The molecule has 2 aromatic rings. The lowest BCUT2D eigenvalue weighted by Crippen LogP contribution is -2.27. The van der Waals surface area contributed by atoms with Crippen LogP contribution in [0.25, 0.3) is 6.08 Å². The van der Waals surface area contributed by atoms with Gasteiger partial charge in [-0.25, -0.2) is 18.1 Å². The van der Waals surface area contributed by atoms with Crippen molar-refractivity contribution in [2.24, 2.45) is 0 Å². The fourth-order valence-corrected chi connectivity index (χ4v) is 3.32. The Balaban J connectivity index is 1.88. The van der Waals surface area contributed by atoms with Crippen LogP contribution in [-0.2, 0) is 21.0 Å². The van der Waals surface area contributed by atoms with Crippen molar-refractivity contribution in [3.63, 3.8) is 0 Å². The van der Waals surface area contributed by atoms with Gasteiger partial charge in [-0.3, -0.25) is 4.79 Å². The van der Waals surface area contributed by atoms with Crippen molar-refractivity contribution in [1.82, 2.24) is 15.0 Å². The van der Waals surface area contributed by atoms with Gasteiger partial charge in [-0.1, -0.05) is 6.07 Å². The van der Waals surface area contributed by atoms with E-state index in [0.29, 0.717) is 5.56 Å². The maximum Gasteiger partial charge on any atom is 0.417 e. The number of hydrogen-bond donors (Lipinski definition) is 3. The van der Waals surface area contributed by atoms with E-state index >= 15 is 0 Å². The Morgan fingerprint density at radius 2 is 1.94 bits per heavy atom. The summed E-state index contributed by atoms with van der Waals surface area (Å²) >= 11 is 0. The van der Waals surface area contributed by atoms with E-state index in [9.17, 15) is 26.4 Å². The van der Waals surface area contributed by atoms with Gasteiger partial charge in [0.2, 0.25) is 15.9 Å². The van der Waals surface area contributed by atoms with Crippen LogP contribution in [0.4, 0.5) is 19.0 Å². The molecule has 31 heavy (non-hydrogen) atoms. The number of nitrogens with one attached hydrogen (secondary N) is 3. The molecule has 12 heteroatoms. The third-order valence-electron chi connectivity index (χ3n) is 3.99. The molecule has 168 valence electrons. The highest BCUT2D eigenvalue weighted by Crippen LogP contribution is 2.28. The molecule has 0 saturated carbocycles. The minimum atomic E-state index is -4.45. The predicted molar refractivity (Wildman–Crippen MR) is 109 cm³/mol. The zero-order valence-corrected chi connectivity index (χ0v) is 17.5. The van der Waals surface area contributed by atoms with Crippen LogP contribution >= 0.6 is 0 Å². The first-order valence-corrected chi connectivity index (χ1v) is 10.4. The van der Waals surface area contributed by atoms with Crippen molar-refractivity contribution in [3.05, 3.63) is 53.7 Å². The van der Waals surface area contributed by atoms with Gasteiger partial charge < -0.3 is 15.4 Å². The molecule has 0 atom stereocenters. The molecule has 0 aliphatic rings. The first-order valence-electron chi connectivity index (χ1n) is 8.91. The van der Waals surface area contributed by atoms with E-state index in [4.69, 9.17) is 4.74 Å². The molecule has 0 aliphatic heterocycles. The summed E-state index contributed by atoms with van der Waals surface area (Å²) in [4.78, 5) is 15.5. The third-order valence-corrected chi connectivity index (χ3v) is 5.43. The number of methoxy groups -OCH3 is 1. The van der Waals surface area contributed by atoms with Gasteiger partial charge in [0.05, 0.1) is 12.7 Å². The number of carbonyl (C=O) groups excluding carboxylic acids is 1. The number of anilines is 1. The van der Waals surface area contributed by atoms with Crippen LogP contribution in [0, 0.1) is 0 Å². The van der Waals surface area contributed by atoms with Crippen molar-refractivity contribution in [2.75, 3.05) is 32.6 Å². The average molecular weight is 458 g/mol. The van der Waals surface area contributed by atoms with Gasteiger partial charge in [0, 0.05) is 25.4 Å². The van der Waals surface area contributed by atoms with Crippen molar-refractivity contribution in [2.45, 2.75) is 11.1 Å². The van der Waals surface area contributed by atoms with Gasteiger partial charge in [-0.2, -0.15) is 13.2 Å². The van der Waals surface area contributed by atoms with Crippen LogP contribution in [0.1, 0.15) is 11.1 Å². The summed E-state index contributed by atoms with van der Waals surface area (Å²) < 4.78 is 68.9. The SMILES string of the molecule is CNS(=O)(=O)c1cc(/C=C/C(=O)NCCNc2ccc(C(F)(F)F)cn2)ccc1OC. The maximum absolute atomic E-state index is 12.5. The van der Waals surface area contributed by atoms with E-state index in [0.717, 1.165) is 12.3 Å². The summed E-state index contributed by atoms with van der Waals surface area (Å²) in [6, 6.07) is 6.54. The fourth-order valence-electron chi connectivity index (χ4n) is 2.39. The van der Waals surface area contributed by atoms with Gasteiger partial charge in [-0.15, -0.1) is 0 Å². The van der Waals surface area contributed by atoms with Crippen molar-refractivity contribution >= 4 is 27.8 Å². The Morgan fingerprint density at radius 1 is 1.19 bits per heavy atom. The van der Waals surface area contributed by atoms with Gasteiger partial charge in [-0.05, 0) is 43.0 Å². The number of alkyl halides is 3. The second-order valence-electron chi connectivity index (χ2n) is 6.10. The van der Waals surface area contributed by atoms with Crippen LogP contribution in [0.3, 0.4) is 0 Å². The summed E-state index contributed by atoms with van der Waals surface area (Å²) in [5.74, 6) is -0.0239. The number of hydrogen-bond acceptors (Lipinski definition) is 6. The van der Waals surface area contributed by atoms with E-state index in [-0.39, 0.29) is 29.6 Å². The lowest BCUT2D eigenvalue weighted by Gasteiger charge is -2.09. The first-order chi connectivity index (χ1) is 14.6. The predicted octanol–water partition coefficient (Wildman–Crippen LogP) is 2.26. The highest BCUT2D eigenvalue weighted by atomic mass is 32.2. The van der Waals surface area contributed by atoms with E-state index in [2.05, 4.69) is 20.3 Å². The molecule has 0 aliphatic carbocycles. The highest BCUT2D eigenvalue weighted by molar-refractivity contribution is 7.89. The molecule has 8 nitrogen and oxygen atoms in total. The molecular weight excluding hydrogens is 437 g/mol. The molecule has 1 aromatic heterocycles. The van der Waals surface area contributed by atoms with Gasteiger partial charge in [0.15, 0.2) is 0 Å². The molecule has 0 spiro atoms. The molecule has 0 bridgehead atoms.